The Balaban J connectivity index is 1.54. The lowest BCUT2D eigenvalue weighted by Crippen LogP contribution is -2.55. The van der Waals surface area contributed by atoms with E-state index in [4.69, 9.17) is 4.74 Å². The summed E-state index contributed by atoms with van der Waals surface area (Å²) in [7, 11) is 2.09. The summed E-state index contributed by atoms with van der Waals surface area (Å²) in [6.45, 7) is 4.05. The second kappa shape index (κ2) is 6.53. The summed E-state index contributed by atoms with van der Waals surface area (Å²) in [5, 5.41) is 3.47. The zero-order chi connectivity index (χ0) is 14.8. The van der Waals surface area contributed by atoms with Gasteiger partial charge < -0.3 is 15.0 Å². The predicted molar refractivity (Wildman–Crippen MR) is 82.3 cm³/mol. The minimum atomic E-state index is -0.132. The van der Waals surface area contributed by atoms with Gasteiger partial charge >= 0.3 is 6.09 Å². The summed E-state index contributed by atoms with van der Waals surface area (Å²) in [5.41, 5.74) is 0. The summed E-state index contributed by atoms with van der Waals surface area (Å²) in [4.78, 5) is 16.5. The number of fused-ring (bicyclic) bond motifs is 2. The number of rotatable bonds is 3. The molecule has 5 nitrogen and oxygen atoms in total. The van der Waals surface area contributed by atoms with E-state index in [0.717, 1.165) is 38.0 Å². The van der Waals surface area contributed by atoms with Crippen molar-refractivity contribution in [2.24, 2.45) is 0 Å². The number of nitrogens with zero attached hydrogens (tertiary/aromatic N) is 2. The van der Waals surface area contributed by atoms with E-state index >= 15 is 0 Å². The van der Waals surface area contributed by atoms with Crippen LogP contribution in [-0.4, -0.2) is 66.8 Å². The lowest BCUT2D eigenvalue weighted by Gasteiger charge is -2.46. The molecule has 0 radical (unpaired) electrons. The third-order valence-electron chi connectivity index (χ3n) is 5.61. The number of likely N-dealkylation sites (tertiary alicyclic amines) is 1. The number of piperidine rings is 2. The molecule has 3 aliphatic heterocycles. The summed E-state index contributed by atoms with van der Waals surface area (Å²) >= 11 is 0. The van der Waals surface area contributed by atoms with Gasteiger partial charge in [0.2, 0.25) is 0 Å². The van der Waals surface area contributed by atoms with Crippen LogP contribution in [0.2, 0.25) is 0 Å². The molecular formula is C16H29N3O2. The average molecular weight is 295 g/mol. The van der Waals surface area contributed by atoms with E-state index in [-0.39, 0.29) is 6.09 Å². The molecule has 0 aromatic rings. The number of nitrogens with one attached hydrogen (secondary N) is 1. The van der Waals surface area contributed by atoms with Gasteiger partial charge in [-0.15, -0.1) is 0 Å². The second-order valence-electron chi connectivity index (χ2n) is 6.71. The molecule has 0 spiro atoms. The Kier molecular flexibility index (Phi) is 4.69. The summed E-state index contributed by atoms with van der Waals surface area (Å²) in [6.07, 6.45) is 7.40. The third kappa shape index (κ3) is 3.04. The van der Waals surface area contributed by atoms with Gasteiger partial charge in [0.1, 0.15) is 0 Å². The number of carbonyl (C=O) groups is 1. The Morgan fingerprint density at radius 2 is 1.71 bits per heavy atom. The molecule has 1 amide bonds. The molecule has 2 unspecified atom stereocenters. The van der Waals surface area contributed by atoms with Gasteiger partial charge in [-0.1, -0.05) is 0 Å². The smallest absolute Gasteiger partial charge is 0.409 e. The molecule has 5 heteroatoms. The van der Waals surface area contributed by atoms with Crippen LogP contribution in [-0.2, 0) is 4.74 Å². The SMILES string of the molecule is CCOC(=O)N1CCC(N2C3CCC2CC(NC)C3)CC1. The number of hydrogen-bond acceptors (Lipinski definition) is 4. The first-order chi connectivity index (χ1) is 10.2. The van der Waals surface area contributed by atoms with Crippen LogP contribution in [0.4, 0.5) is 4.79 Å². The molecule has 3 aliphatic rings. The van der Waals surface area contributed by atoms with E-state index in [2.05, 4.69) is 17.3 Å². The van der Waals surface area contributed by atoms with Gasteiger partial charge in [-0.3, -0.25) is 4.90 Å². The molecule has 1 N–H and O–H groups in total. The van der Waals surface area contributed by atoms with E-state index in [1.165, 1.54) is 25.7 Å². The Hall–Kier alpha value is -0.810. The molecule has 2 atom stereocenters. The van der Waals surface area contributed by atoms with Crippen molar-refractivity contribution in [1.82, 2.24) is 15.1 Å². The maximum Gasteiger partial charge on any atom is 0.409 e. The van der Waals surface area contributed by atoms with Crippen molar-refractivity contribution < 1.29 is 9.53 Å². The first-order valence-electron chi connectivity index (χ1n) is 8.59. The minimum Gasteiger partial charge on any atom is -0.450 e. The number of carbonyl (C=O) groups excluding carboxylic acids is 1. The molecule has 0 aliphatic carbocycles. The van der Waals surface area contributed by atoms with E-state index in [1.54, 1.807) is 0 Å². The zero-order valence-electron chi connectivity index (χ0n) is 13.4. The van der Waals surface area contributed by atoms with E-state index in [1.807, 2.05) is 11.8 Å². The minimum absolute atomic E-state index is 0.132. The summed E-state index contributed by atoms with van der Waals surface area (Å²) in [6, 6.07) is 2.91. The molecule has 3 saturated heterocycles. The first kappa shape index (κ1) is 15.1. The van der Waals surface area contributed by atoms with Gasteiger partial charge in [0.05, 0.1) is 6.61 Å². The van der Waals surface area contributed by atoms with Crippen molar-refractivity contribution in [2.45, 2.75) is 69.6 Å². The van der Waals surface area contributed by atoms with Crippen LogP contribution in [0, 0.1) is 0 Å². The van der Waals surface area contributed by atoms with Crippen LogP contribution >= 0.6 is 0 Å². The molecule has 0 aromatic heterocycles. The van der Waals surface area contributed by atoms with Crippen molar-refractivity contribution in [3.05, 3.63) is 0 Å². The normalized spacial score (nSPS) is 34.2. The maximum absolute atomic E-state index is 11.8. The second-order valence-corrected chi connectivity index (χ2v) is 6.71. The highest BCUT2D eigenvalue weighted by molar-refractivity contribution is 5.67. The Labute approximate surface area is 128 Å². The quantitative estimate of drug-likeness (QED) is 0.862. The molecule has 120 valence electrons. The lowest BCUT2D eigenvalue weighted by molar-refractivity contribution is 0.0308. The van der Waals surface area contributed by atoms with Gasteiger partial charge in [-0.2, -0.15) is 0 Å². The van der Waals surface area contributed by atoms with Crippen molar-refractivity contribution in [3.63, 3.8) is 0 Å². The Morgan fingerprint density at radius 1 is 1.10 bits per heavy atom. The maximum atomic E-state index is 11.8. The Bertz CT molecular complexity index is 355. The van der Waals surface area contributed by atoms with Crippen molar-refractivity contribution in [2.75, 3.05) is 26.7 Å². The fourth-order valence-corrected chi connectivity index (χ4v) is 4.61. The molecule has 0 aromatic carbocycles. The van der Waals surface area contributed by atoms with Gasteiger partial charge in [-0.25, -0.2) is 4.79 Å². The van der Waals surface area contributed by atoms with Crippen molar-refractivity contribution in [3.8, 4) is 0 Å². The van der Waals surface area contributed by atoms with Crippen molar-refractivity contribution >= 4 is 6.09 Å². The van der Waals surface area contributed by atoms with Crippen LogP contribution in [0.25, 0.3) is 0 Å². The van der Waals surface area contributed by atoms with Crippen LogP contribution in [0.5, 0.6) is 0 Å². The lowest BCUT2D eigenvalue weighted by atomic mass is 9.92. The van der Waals surface area contributed by atoms with Crippen LogP contribution < -0.4 is 5.32 Å². The Morgan fingerprint density at radius 3 is 2.24 bits per heavy atom. The predicted octanol–water partition coefficient (Wildman–Crippen LogP) is 1.82. The number of ether oxygens (including phenoxy) is 1. The van der Waals surface area contributed by atoms with E-state index in [9.17, 15) is 4.79 Å². The third-order valence-corrected chi connectivity index (χ3v) is 5.61. The van der Waals surface area contributed by atoms with Gasteiger partial charge in [0.25, 0.3) is 0 Å². The largest absolute Gasteiger partial charge is 0.450 e. The van der Waals surface area contributed by atoms with Crippen molar-refractivity contribution in [1.29, 1.82) is 0 Å². The molecule has 3 heterocycles. The van der Waals surface area contributed by atoms with Crippen LogP contribution in [0.1, 0.15) is 45.4 Å². The van der Waals surface area contributed by atoms with Gasteiger partial charge in [0.15, 0.2) is 0 Å². The highest BCUT2D eigenvalue weighted by Crippen LogP contribution is 2.39. The monoisotopic (exact) mass is 295 g/mol. The van der Waals surface area contributed by atoms with Crippen LogP contribution in [0.15, 0.2) is 0 Å². The van der Waals surface area contributed by atoms with Crippen LogP contribution in [0.3, 0.4) is 0 Å². The van der Waals surface area contributed by atoms with E-state index in [0.29, 0.717) is 18.7 Å². The topological polar surface area (TPSA) is 44.8 Å². The number of hydrogen-bond donors (Lipinski definition) is 1. The molecule has 3 fully saturated rings. The molecule has 21 heavy (non-hydrogen) atoms. The highest BCUT2D eigenvalue weighted by Gasteiger charge is 2.44. The standard InChI is InChI=1S/C16H29N3O2/c1-3-21-16(20)18-8-6-13(7-9-18)19-14-4-5-15(19)11-12(10-14)17-2/h12-15,17H,3-11H2,1-2H3. The highest BCUT2D eigenvalue weighted by atomic mass is 16.6. The molecule has 2 bridgehead atoms. The zero-order valence-corrected chi connectivity index (χ0v) is 13.4. The molecule has 3 rings (SSSR count). The molecular weight excluding hydrogens is 266 g/mol. The van der Waals surface area contributed by atoms with Gasteiger partial charge in [0, 0.05) is 37.3 Å². The fraction of sp³-hybridized carbons (Fsp3) is 0.938. The molecule has 0 saturated carbocycles. The summed E-state index contributed by atoms with van der Waals surface area (Å²) < 4.78 is 5.11. The van der Waals surface area contributed by atoms with E-state index < -0.39 is 0 Å². The fourth-order valence-electron chi connectivity index (χ4n) is 4.61. The van der Waals surface area contributed by atoms with Gasteiger partial charge in [-0.05, 0) is 52.5 Å². The average Bonchev–Trinajstić information content (AvgIpc) is 2.77. The number of amides is 1. The summed E-state index contributed by atoms with van der Waals surface area (Å²) in [5.74, 6) is 0. The first-order valence-corrected chi connectivity index (χ1v) is 8.59.